The van der Waals surface area contributed by atoms with Gasteiger partial charge in [0.2, 0.25) is 0 Å². The number of hydrogen-bond acceptors (Lipinski definition) is 5. The number of aromatic nitrogens is 2. The third-order valence-corrected chi connectivity index (χ3v) is 7.12. The number of aryl methyl sites for hydroxylation is 1. The molecular formula is C36H35IrN2O3-. The Morgan fingerprint density at radius 3 is 2.29 bits per heavy atom. The van der Waals surface area contributed by atoms with Crippen molar-refractivity contribution in [3.8, 4) is 11.3 Å². The SMILES string of the molecule is CC(C)(C)C(=O)/C=C(\O)C(C)(C)C.Cc1cc2ccc3c(-c4[c-]cc5c(c4)oc4ccccc45)nccc3c2cn1.[Ir]. The van der Waals surface area contributed by atoms with Crippen LogP contribution in [0.25, 0.3) is 54.7 Å². The number of para-hydroxylation sites is 1. The fourth-order valence-electron chi connectivity index (χ4n) is 4.57. The molecule has 5 nitrogen and oxygen atoms in total. The average Bonchev–Trinajstić information content (AvgIpc) is 3.29. The third-order valence-electron chi connectivity index (χ3n) is 7.12. The number of hydrogen-bond donors (Lipinski definition) is 1. The minimum Gasteiger partial charge on any atom is -0.512 e. The summed E-state index contributed by atoms with van der Waals surface area (Å²) in [6.45, 7) is 13.1. The number of nitrogens with zero attached hydrogens (tertiary/aromatic N) is 2. The summed E-state index contributed by atoms with van der Waals surface area (Å²) < 4.78 is 6.05. The van der Waals surface area contributed by atoms with Crippen LogP contribution in [-0.4, -0.2) is 20.9 Å². The maximum atomic E-state index is 11.5. The van der Waals surface area contributed by atoms with Crippen molar-refractivity contribution >= 4 is 49.3 Å². The topological polar surface area (TPSA) is 76.2 Å². The summed E-state index contributed by atoms with van der Waals surface area (Å²) in [5.74, 6) is 0.104. The van der Waals surface area contributed by atoms with E-state index in [0.717, 1.165) is 55.0 Å². The number of furan rings is 1. The molecule has 0 unspecified atom stereocenters. The molecule has 0 spiro atoms. The molecule has 1 N–H and O–H groups in total. The molecule has 3 heterocycles. The van der Waals surface area contributed by atoms with Gasteiger partial charge >= 0.3 is 0 Å². The minimum atomic E-state index is -0.417. The predicted octanol–water partition coefficient (Wildman–Crippen LogP) is 9.55. The Hall–Kier alpha value is -3.86. The fourth-order valence-corrected chi connectivity index (χ4v) is 4.57. The quantitative estimate of drug-likeness (QED) is 0.0830. The van der Waals surface area contributed by atoms with Gasteiger partial charge < -0.3 is 14.5 Å². The Kier molecular flexibility index (Phi) is 8.73. The molecule has 6 rings (SSSR count). The van der Waals surface area contributed by atoms with Crippen LogP contribution in [-0.2, 0) is 24.9 Å². The number of pyridine rings is 2. The summed E-state index contributed by atoms with van der Waals surface area (Å²) in [5.41, 5.74) is 3.83. The third kappa shape index (κ3) is 6.30. The van der Waals surface area contributed by atoms with Gasteiger partial charge in [0.1, 0.15) is 11.3 Å². The maximum Gasteiger partial charge on any atom is 0.164 e. The van der Waals surface area contributed by atoms with Crippen LogP contribution in [0.2, 0.25) is 0 Å². The van der Waals surface area contributed by atoms with Crippen molar-refractivity contribution in [1.82, 2.24) is 9.97 Å². The zero-order valence-corrected chi connectivity index (χ0v) is 27.4. The Labute approximate surface area is 260 Å². The summed E-state index contributed by atoms with van der Waals surface area (Å²) in [6.07, 6.45) is 5.14. The second-order valence-electron chi connectivity index (χ2n) is 12.5. The number of rotatable bonds is 2. The van der Waals surface area contributed by atoms with Gasteiger partial charge in [-0.3, -0.25) is 9.78 Å². The molecule has 6 aromatic rings. The summed E-state index contributed by atoms with van der Waals surface area (Å²) in [4.78, 5) is 20.6. The number of aliphatic hydroxyl groups is 1. The number of carbonyl (C=O) groups excluding carboxylic acids is 1. The summed E-state index contributed by atoms with van der Waals surface area (Å²) in [7, 11) is 0. The van der Waals surface area contributed by atoms with Gasteiger partial charge in [-0.25, -0.2) is 0 Å². The molecule has 0 saturated carbocycles. The van der Waals surface area contributed by atoms with E-state index in [1.165, 1.54) is 11.5 Å². The minimum absolute atomic E-state index is 0. The first kappa shape index (κ1) is 31.1. The van der Waals surface area contributed by atoms with Gasteiger partial charge in [-0.15, -0.1) is 17.7 Å². The van der Waals surface area contributed by atoms with Gasteiger partial charge in [0.25, 0.3) is 0 Å². The van der Waals surface area contributed by atoms with E-state index < -0.39 is 5.41 Å². The van der Waals surface area contributed by atoms with Gasteiger partial charge in [0, 0.05) is 60.5 Å². The monoisotopic (exact) mass is 736 g/mol. The van der Waals surface area contributed by atoms with E-state index in [-0.39, 0.29) is 37.1 Å². The molecule has 6 heteroatoms. The summed E-state index contributed by atoms with van der Waals surface area (Å²) in [6, 6.07) is 24.0. The first-order chi connectivity index (χ1) is 19.3. The van der Waals surface area contributed by atoms with Crippen LogP contribution in [0.5, 0.6) is 0 Å². The molecule has 0 amide bonds. The molecule has 0 aliphatic heterocycles. The normalized spacial score (nSPS) is 12.3. The van der Waals surface area contributed by atoms with Crippen molar-refractivity contribution in [3.63, 3.8) is 0 Å². The average molecular weight is 736 g/mol. The maximum absolute atomic E-state index is 11.5. The van der Waals surface area contributed by atoms with Crippen molar-refractivity contribution in [3.05, 3.63) is 96.7 Å². The van der Waals surface area contributed by atoms with E-state index >= 15 is 0 Å². The zero-order chi connectivity index (χ0) is 29.5. The smallest absolute Gasteiger partial charge is 0.164 e. The summed E-state index contributed by atoms with van der Waals surface area (Å²) in [5, 5.41) is 16.3. The molecule has 42 heavy (non-hydrogen) atoms. The molecule has 0 saturated heterocycles. The number of benzene rings is 3. The Balaban J connectivity index is 0.000000249. The van der Waals surface area contributed by atoms with E-state index in [9.17, 15) is 9.90 Å². The van der Waals surface area contributed by atoms with Crippen LogP contribution in [0.1, 0.15) is 47.2 Å². The first-order valence-corrected chi connectivity index (χ1v) is 13.8. The van der Waals surface area contributed by atoms with Crippen LogP contribution < -0.4 is 0 Å². The van der Waals surface area contributed by atoms with E-state index in [1.54, 1.807) is 0 Å². The molecular weight excluding hydrogens is 701 g/mol. The standard InChI is InChI=1S/C25H15N2O.C11H20O2.Ir/c1-15-12-16-6-9-21-18(22(16)14-27-15)10-11-26-25(21)17-7-8-20-19-4-2-3-5-23(19)28-24(20)13-17;1-10(2,3)8(12)7-9(13)11(4,5)6;/h2-6,8-14H,1H3;7,12H,1-6H3;/q-1;;/b;8-7-;. The van der Waals surface area contributed by atoms with E-state index in [4.69, 9.17) is 4.42 Å². The number of ketones is 1. The molecule has 0 aliphatic rings. The first-order valence-electron chi connectivity index (χ1n) is 13.8. The number of carbonyl (C=O) groups is 1. The predicted molar refractivity (Wildman–Crippen MR) is 168 cm³/mol. The van der Waals surface area contributed by atoms with Crippen LogP contribution in [0, 0.1) is 23.8 Å². The zero-order valence-electron chi connectivity index (χ0n) is 25.0. The Morgan fingerprint density at radius 1 is 0.833 bits per heavy atom. The molecule has 1 radical (unpaired) electrons. The van der Waals surface area contributed by atoms with E-state index in [0.29, 0.717) is 0 Å². The van der Waals surface area contributed by atoms with Crippen LogP contribution >= 0.6 is 0 Å². The van der Waals surface area contributed by atoms with Crippen molar-refractivity contribution in [2.45, 2.75) is 48.5 Å². The summed E-state index contributed by atoms with van der Waals surface area (Å²) >= 11 is 0. The molecule has 217 valence electrons. The number of allylic oxidation sites excluding steroid dienone is 2. The van der Waals surface area contributed by atoms with Crippen molar-refractivity contribution in [2.24, 2.45) is 10.8 Å². The van der Waals surface area contributed by atoms with E-state index in [2.05, 4.69) is 46.4 Å². The van der Waals surface area contributed by atoms with Gasteiger partial charge in [0.15, 0.2) is 5.78 Å². The largest absolute Gasteiger partial charge is 0.512 e. The van der Waals surface area contributed by atoms with Gasteiger partial charge in [-0.05, 0) is 52.4 Å². The Morgan fingerprint density at radius 2 is 1.57 bits per heavy atom. The van der Waals surface area contributed by atoms with Crippen LogP contribution in [0.15, 0.2) is 89.3 Å². The van der Waals surface area contributed by atoms with Gasteiger partial charge in [0.05, 0.1) is 5.58 Å². The van der Waals surface area contributed by atoms with Gasteiger partial charge in [-0.2, -0.15) is 0 Å². The molecule has 3 aromatic carbocycles. The van der Waals surface area contributed by atoms with Crippen molar-refractivity contribution in [2.75, 3.05) is 0 Å². The number of fused-ring (bicyclic) bond motifs is 6. The molecule has 0 aliphatic carbocycles. The second kappa shape index (κ2) is 11.8. The molecule has 3 aromatic heterocycles. The second-order valence-corrected chi connectivity index (χ2v) is 12.5. The fraction of sp³-hybridized carbons (Fsp3) is 0.250. The van der Waals surface area contributed by atoms with E-state index in [1.807, 2.05) is 91.2 Å². The van der Waals surface area contributed by atoms with Gasteiger partial charge in [-0.1, -0.05) is 83.3 Å². The molecule has 0 fully saturated rings. The number of aliphatic hydroxyl groups excluding tert-OH is 1. The molecule has 0 atom stereocenters. The Bertz CT molecular complexity index is 1960. The molecule has 0 bridgehead atoms. The van der Waals surface area contributed by atoms with Crippen LogP contribution in [0.3, 0.4) is 0 Å². The van der Waals surface area contributed by atoms with Crippen molar-refractivity contribution in [1.29, 1.82) is 0 Å². The van der Waals surface area contributed by atoms with Crippen molar-refractivity contribution < 1.29 is 34.4 Å². The van der Waals surface area contributed by atoms with Crippen LogP contribution in [0.4, 0.5) is 0 Å².